The van der Waals surface area contributed by atoms with Crippen molar-refractivity contribution in [1.82, 2.24) is 4.90 Å². The van der Waals surface area contributed by atoms with Gasteiger partial charge >= 0.3 is 0 Å². The lowest BCUT2D eigenvalue weighted by Gasteiger charge is -2.27. The van der Waals surface area contributed by atoms with E-state index >= 15 is 0 Å². The van der Waals surface area contributed by atoms with Crippen LogP contribution in [0.3, 0.4) is 0 Å². The lowest BCUT2D eigenvalue weighted by Crippen LogP contribution is -2.41. The normalized spacial score (nSPS) is 24.5. The van der Waals surface area contributed by atoms with Crippen LogP contribution < -0.4 is 5.73 Å². The molecule has 0 aromatic rings. The van der Waals surface area contributed by atoms with Gasteiger partial charge in [0.05, 0.1) is 11.5 Å². The van der Waals surface area contributed by atoms with Gasteiger partial charge in [0, 0.05) is 25.0 Å². The van der Waals surface area contributed by atoms with Crippen LogP contribution in [0.15, 0.2) is 0 Å². The van der Waals surface area contributed by atoms with Crippen LogP contribution in [0.4, 0.5) is 0 Å². The molecule has 1 heterocycles. The third kappa shape index (κ3) is 4.27. The van der Waals surface area contributed by atoms with Gasteiger partial charge in [0.1, 0.15) is 0 Å². The number of nitrogens with two attached hydrogens (primary N) is 1. The minimum Gasteiger partial charge on any atom is -0.339 e. The zero-order valence-electron chi connectivity index (χ0n) is 10.6. The van der Waals surface area contributed by atoms with E-state index in [1.54, 1.807) is 4.90 Å². The van der Waals surface area contributed by atoms with E-state index in [1.807, 2.05) is 13.8 Å². The van der Waals surface area contributed by atoms with Gasteiger partial charge in [-0.05, 0) is 26.7 Å². The van der Waals surface area contributed by atoms with Gasteiger partial charge in [-0.3, -0.25) is 4.79 Å². The molecule has 1 rings (SSSR count). The van der Waals surface area contributed by atoms with Crippen molar-refractivity contribution in [2.45, 2.75) is 45.2 Å². The second-order valence-electron chi connectivity index (χ2n) is 4.75. The number of amides is 1. The smallest absolute Gasteiger partial charge is 0.222 e. The van der Waals surface area contributed by atoms with Gasteiger partial charge in [-0.15, -0.1) is 0 Å². The van der Waals surface area contributed by atoms with E-state index in [-0.39, 0.29) is 29.5 Å². The minimum atomic E-state index is -2.93. The molecular weight excluding hydrogens is 240 g/mol. The molecule has 1 aliphatic rings. The second kappa shape index (κ2) is 5.82. The monoisotopic (exact) mass is 262 g/mol. The summed E-state index contributed by atoms with van der Waals surface area (Å²) in [4.78, 5) is 13.6. The molecule has 0 spiro atoms. The standard InChI is InChI=1S/C11H22N2O3S/c1-3-13(11(14)5-4-9(2)12)10-6-7-17(15,16)8-10/h9-10H,3-8,12H2,1-2H3. The van der Waals surface area contributed by atoms with Gasteiger partial charge in [0.2, 0.25) is 5.91 Å². The molecule has 5 nitrogen and oxygen atoms in total. The van der Waals surface area contributed by atoms with Crippen molar-refractivity contribution >= 4 is 15.7 Å². The van der Waals surface area contributed by atoms with Crippen molar-refractivity contribution in [3.8, 4) is 0 Å². The number of sulfone groups is 1. The third-order valence-corrected chi connectivity index (χ3v) is 4.87. The first-order chi connectivity index (χ1) is 7.85. The molecule has 100 valence electrons. The molecule has 2 unspecified atom stereocenters. The van der Waals surface area contributed by atoms with E-state index in [0.717, 1.165) is 0 Å². The Morgan fingerprint density at radius 1 is 1.53 bits per heavy atom. The summed E-state index contributed by atoms with van der Waals surface area (Å²) in [5, 5.41) is 0. The number of hydrogen-bond acceptors (Lipinski definition) is 4. The summed E-state index contributed by atoms with van der Waals surface area (Å²) >= 11 is 0. The molecule has 2 N–H and O–H groups in total. The van der Waals surface area contributed by atoms with E-state index in [0.29, 0.717) is 25.8 Å². The van der Waals surface area contributed by atoms with E-state index in [9.17, 15) is 13.2 Å². The topological polar surface area (TPSA) is 80.5 Å². The highest BCUT2D eigenvalue weighted by Gasteiger charge is 2.33. The molecule has 6 heteroatoms. The quantitative estimate of drug-likeness (QED) is 0.764. The van der Waals surface area contributed by atoms with Crippen LogP contribution in [0, 0.1) is 0 Å². The Kier molecular flexibility index (Phi) is 4.94. The van der Waals surface area contributed by atoms with E-state index in [2.05, 4.69) is 0 Å². The molecule has 17 heavy (non-hydrogen) atoms. The fourth-order valence-electron chi connectivity index (χ4n) is 2.15. The number of carbonyl (C=O) groups is 1. The Morgan fingerprint density at radius 2 is 2.18 bits per heavy atom. The summed E-state index contributed by atoms with van der Waals surface area (Å²) in [6.45, 7) is 4.32. The first kappa shape index (κ1) is 14.4. The summed E-state index contributed by atoms with van der Waals surface area (Å²) in [6, 6.07) is -0.129. The highest BCUT2D eigenvalue weighted by Crippen LogP contribution is 2.18. The molecule has 1 amide bonds. The summed E-state index contributed by atoms with van der Waals surface area (Å²) in [6.07, 6.45) is 1.62. The highest BCUT2D eigenvalue weighted by atomic mass is 32.2. The Bertz CT molecular complexity index is 365. The Labute approximate surface area is 103 Å². The number of carbonyl (C=O) groups excluding carboxylic acids is 1. The van der Waals surface area contributed by atoms with Crippen LogP contribution in [0.25, 0.3) is 0 Å². The Hall–Kier alpha value is -0.620. The van der Waals surface area contributed by atoms with Gasteiger partial charge in [-0.1, -0.05) is 0 Å². The predicted molar refractivity (Wildman–Crippen MR) is 67.3 cm³/mol. The van der Waals surface area contributed by atoms with Crippen LogP contribution in [-0.2, 0) is 14.6 Å². The highest BCUT2D eigenvalue weighted by molar-refractivity contribution is 7.91. The molecule has 0 saturated carbocycles. The summed E-state index contributed by atoms with van der Waals surface area (Å²) in [7, 11) is -2.93. The number of rotatable bonds is 5. The lowest BCUT2D eigenvalue weighted by atomic mass is 10.1. The molecule has 1 fully saturated rings. The molecule has 0 aliphatic carbocycles. The van der Waals surface area contributed by atoms with Gasteiger partial charge < -0.3 is 10.6 Å². The molecule has 0 bridgehead atoms. The summed E-state index contributed by atoms with van der Waals surface area (Å²) in [5.74, 6) is 0.339. The maximum atomic E-state index is 12.0. The van der Waals surface area contributed by atoms with Crippen LogP contribution in [-0.4, -0.2) is 49.4 Å². The SMILES string of the molecule is CCN(C(=O)CCC(C)N)C1CCS(=O)(=O)C1. The van der Waals surface area contributed by atoms with Gasteiger partial charge in [0.15, 0.2) is 9.84 Å². The maximum Gasteiger partial charge on any atom is 0.222 e. The number of nitrogens with zero attached hydrogens (tertiary/aromatic N) is 1. The zero-order valence-corrected chi connectivity index (χ0v) is 11.4. The summed E-state index contributed by atoms with van der Waals surface area (Å²) < 4.78 is 22.8. The van der Waals surface area contributed by atoms with Crippen molar-refractivity contribution in [2.75, 3.05) is 18.1 Å². The average Bonchev–Trinajstić information content (AvgIpc) is 2.57. The van der Waals surface area contributed by atoms with Crippen LogP contribution in [0.1, 0.15) is 33.1 Å². The average molecular weight is 262 g/mol. The molecule has 2 atom stereocenters. The first-order valence-electron chi connectivity index (χ1n) is 6.11. The fourth-order valence-corrected chi connectivity index (χ4v) is 3.88. The van der Waals surface area contributed by atoms with Gasteiger partial charge in [-0.25, -0.2) is 8.42 Å². The molecular formula is C11H22N2O3S. The third-order valence-electron chi connectivity index (χ3n) is 3.12. The van der Waals surface area contributed by atoms with Gasteiger partial charge in [0.25, 0.3) is 0 Å². The van der Waals surface area contributed by atoms with Crippen LogP contribution >= 0.6 is 0 Å². The van der Waals surface area contributed by atoms with E-state index < -0.39 is 9.84 Å². The van der Waals surface area contributed by atoms with E-state index in [1.165, 1.54) is 0 Å². The second-order valence-corrected chi connectivity index (χ2v) is 6.98. The first-order valence-corrected chi connectivity index (χ1v) is 7.93. The van der Waals surface area contributed by atoms with Crippen molar-refractivity contribution in [1.29, 1.82) is 0 Å². The molecule has 1 saturated heterocycles. The summed E-state index contributed by atoms with van der Waals surface area (Å²) in [5.41, 5.74) is 5.61. The van der Waals surface area contributed by atoms with Crippen LogP contribution in [0.2, 0.25) is 0 Å². The molecule has 0 radical (unpaired) electrons. The Morgan fingerprint density at radius 3 is 2.59 bits per heavy atom. The van der Waals surface area contributed by atoms with Crippen molar-refractivity contribution < 1.29 is 13.2 Å². The number of hydrogen-bond donors (Lipinski definition) is 1. The van der Waals surface area contributed by atoms with Crippen molar-refractivity contribution in [3.63, 3.8) is 0 Å². The maximum absolute atomic E-state index is 12.0. The largest absolute Gasteiger partial charge is 0.339 e. The zero-order chi connectivity index (χ0) is 13.1. The molecule has 0 aromatic heterocycles. The van der Waals surface area contributed by atoms with E-state index in [4.69, 9.17) is 5.73 Å². The fraction of sp³-hybridized carbons (Fsp3) is 0.909. The predicted octanol–water partition coefficient (Wildman–Crippen LogP) is 0.149. The molecule has 0 aromatic carbocycles. The van der Waals surface area contributed by atoms with Crippen LogP contribution in [0.5, 0.6) is 0 Å². The van der Waals surface area contributed by atoms with Crippen molar-refractivity contribution in [3.05, 3.63) is 0 Å². The van der Waals surface area contributed by atoms with Crippen molar-refractivity contribution in [2.24, 2.45) is 5.73 Å². The Balaban J connectivity index is 2.56. The minimum absolute atomic E-state index is 0.00460. The lowest BCUT2D eigenvalue weighted by molar-refractivity contribution is -0.133. The van der Waals surface area contributed by atoms with Gasteiger partial charge in [-0.2, -0.15) is 0 Å². The molecule has 1 aliphatic heterocycles.